The number of amides is 3. The third kappa shape index (κ3) is 10.3. The zero-order valence-electron chi connectivity index (χ0n) is 42.8. The van der Waals surface area contributed by atoms with Crippen molar-refractivity contribution >= 4 is 91.4 Å². The highest BCUT2D eigenvalue weighted by atomic mass is 79.9. The number of aromatic nitrogens is 4. The molecule has 388 valence electrons. The predicted molar refractivity (Wildman–Crippen MR) is 290 cm³/mol. The lowest BCUT2D eigenvalue weighted by Gasteiger charge is -2.46. The van der Waals surface area contributed by atoms with E-state index in [9.17, 15) is 28.8 Å². The van der Waals surface area contributed by atoms with Crippen LogP contribution in [0.2, 0.25) is 0 Å². The fourth-order valence-corrected chi connectivity index (χ4v) is 13.2. The summed E-state index contributed by atoms with van der Waals surface area (Å²) < 4.78 is 22.0. The van der Waals surface area contributed by atoms with Gasteiger partial charge >= 0.3 is 0 Å². The minimum atomic E-state index is -2.93. The van der Waals surface area contributed by atoms with Gasteiger partial charge in [-0.05, 0) is 130 Å². The first-order chi connectivity index (χ1) is 34.9. The van der Waals surface area contributed by atoms with E-state index in [-0.39, 0.29) is 36.4 Å². The normalized spacial score (nSPS) is 19.9. The van der Waals surface area contributed by atoms with Crippen LogP contribution in [0.15, 0.2) is 64.1 Å². The van der Waals surface area contributed by atoms with Crippen LogP contribution in [0.25, 0.3) is 10.8 Å². The number of piperidine rings is 2. The van der Waals surface area contributed by atoms with Crippen LogP contribution in [-0.4, -0.2) is 136 Å². The lowest BCUT2D eigenvalue weighted by molar-refractivity contribution is -0.136. The average molecular weight is 1080 g/mol. The molecule has 0 radical (unpaired) electrons. The number of aliphatic hydroxyl groups excluding tert-OH is 1. The summed E-state index contributed by atoms with van der Waals surface area (Å²) in [5, 5.41) is 25.8. The number of nitrogens with one attached hydrogen (secondary N) is 3. The van der Waals surface area contributed by atoms with Crippen LogP contribution in [0.3, 0.4) is 0 Å². The summed E-state index contributed by atoms with van der Waals surface area (Å²) in [4.78, 5) is 70.4. The van der Waals surface area contributed by atoms with Crippen LogP contribution >= 0.6 is 23.1 Å². The van der Waals surface area contributed by atoms with Gasteiger partial charge in [0.05, 0.1) is 46.1 Å². The number of hydrogen-bond donors (Lipinski definition) is 4. The Morgan fingerprint density at radius 3 is 2.40 bits per heavy atom. The second-order valence-electron chi connectivity index (χ2n) is 20.4. The standard InChI is InChI=1S/C53H67BrN11O7P/c1-8-32-26-40(58-52-55-29-38(54)48(60-52)57-39-15-14-36-37(47(39)73(6,7)71)28-56-64(9-2)50(36)69)44(72-10-3)27-43(32)62-22-19-34(20-23-62)63-25-24-61(35(30-63)31-66)21-18-33-12-11-13-41-46(33)53(4,5)51(70)65(41)42-16-17-45(67)59-49(42)68/h11-15,26-29,34-35,42,66H,8-10,16-25,30-31H2,1-7H3,(H,59,67,68)(H2,55,57,58,60)/t35-,42?/m0/s1. The number of anilines is 6. The summed E-state index contributed by atoms with van der Waals surface area (Å²) >= 11 is 3.60. The summed E-state index contributed by atoms with van der Waals surface area (Å²) in [6, 6.07) is 13.3. The number of benzene rings is 3. The molecule has 3 saturated heterocycles. The molecule has 2 atom stereocenters. The van der Waals surface area contributed by atoms with Crippen LogP contribution in [0, 0.1) is 0 Å². The van der Waals surface area contributed by atoms with Crippen molar-refractivity contribution in [3.8, 4) is 5.75 Å². The number of hydrogen-bond acceptors (Lipinski definition) is 15. The molecule has 4 aliphatic heterocycles. The van der Waals surface area contributed by atoms with E-state index < -0.39 is 24.5 Å². The van der Waals surface area contributed by atoms with Gasteiger partial charge in [-0.25, -0.2) is 9.67 Å². The molecule has 5 aromatic rings. The highest BCUT2D eigenvalue weighted by molar-refractivity contribution is 9.10. The number of carbonyl (C=O) groups excluding carboxylic acids is 3. The lowest BCUT2D eigenvalue weighted by atomic mass is 9.82. The zero-order chi connectivity index (χ0) is 51.9. The van der Waals surface area contributed by atoms with Crippen molar-refractivity contribution < 1.29 is 28.8 Å². The second-order valence-corrected chi connectivity index (χ2v) is 24.4. The van der Waals surface area contributed by atoms with Gasteiger partial charge in [0.25, 0.3) is 5.56 Å². The molecule has 6 heterocycles. The highest BCUT2D eigenvalue weighted by Gasteiger charge is 2.50. The maximum atomic E-state index is 13.9. The third-order valence-corrected chi connectivity index (χ3v) is 17.2. The van der Waals surface area contributed by atoms with E-state index in [1.54, 1.807) is 42.8 Å². The Hall–Kier alpha value is -5.72. The molecule has 73 heavy (non-hydrogen) atoms. The number of ether oxygens (including phenoxy) is 1. The maximum Gasteiger partial charge on any atom is 0.274 e. The molecule has 9 rings (SSSR count). The summed E-state index contributed by atoms with van der Waals surface area (Å²) in [6.45, 7) is 19.1. The molecule has 2 aromatic heterocycles. The maximum absolute atomic E-state index is 13.9. The smallest absolute Gasteiger partial charge is 0.274 e. The number of aryl methyl sites for hydroxylation is 2. The van der Waals surface area contributed by atoms with Crippen LogP contribution in [-0.2, 0) is 43.8 Å². The molecular formula is C53H67BrN11O7P. The summed E-state index contributed by atoms with van der Waals surface area (Å²) in [5.41, 5.74) is 5.27. The molecule has 0 spiro atoms. The minimum Gasteiger partial charge on any atom is -0.492 e. The Bertz CT molecular complexity index is 3060. The quantitative estimate of drug-likeness (QED) is 0.0634. The van der Waals surface area contributed by atoms with Crippen molar-refractivity contribution in [2.45, 2.75) is 103 Å². The molecule has 1 unspecified atom stereocenters. The number of piperazine rings is 1. The van der Waals surface area contributed by atoms with Gasteiger partial charge in [-0.3, -0.25) is 39.2 Å². The van der Waals surface area contributed by atoms with Crippen molar-refractivity contribution in [3.63, 3.8) is 0 Å². The molecule has 4 N–H and O–H groups in total. The molecule has 4 aliphatic rings. The van der Waals surface area contributed by atoms with Crippen LogP contribution in [0.1, 0.15) is 77.0 Å². The van der Waals surface area contributed by atoms with Crippen molar-refractivity contribution in [3.05, 3.63) is 86.4 Å². The first-order valence-corrected chi connectivity index (χ1v) is 28.9. The zero-order valence-corrected chi connectivity index (χ0v) is 45.3. The molecule has 3 amide bonds. The van der Waals surface area contributed by atoms with Crippen LogP contribution in [0.4, 0.5) is 34.5 Å². The second kappa shape index (κ2) is 21.3. The Kier molecular flexibility index (Phi) is 15.2. The molecule has 0 saturated carbocycles. The van der Waals surface area contributed by atoms with E-state index in [1.807, 2.05) is 39.8 Å². The number of carbonyl (C=O) groups is 3. The van der Waals surface area contributed by atoms with Gasteiger partial charge in [-0.1, -0.05) is 19.1 Å². The average Bonchev–Trinajstić information content (AvgIpc) is 3.57. The van der Waals surface area contributed by atoms with E-state index in [0.717, 1.165) is 92.3 Å². The Morgan fingerprint density at radius 2 is 1.70 bits per heavy atom. The molecule has 0 aliphatic carbocycles. The summed E-state index contributed by atoms with van der Waals surface area (Å²) in [6.07, 6.45) is 7.22. The largest absolute Gasteiger partial charge is 0.492 e. The SMILES string of the molecule is CCOc1cc(N2CCC(N3CCN(CCc4cccc5c4C(C)(C)C(=O)N5C4CCC(=O)NC4=O)[C@H](CO)C3)CC2)c(CC)cc1Nc1ncc(Br)c(Nc2ccc3c(=O)n(CC)ncc3c2P(C)(C)=O)n1. The van der Waals surface area contributed by atoms with Crippen molar-refractivity contribution in [1.82, 2.24) is 34.9 Å². The fourth-order valence-electron chi connectivity index (χ4n) is 11.4. The van der Waals surface area contributed by atoms with Crippen molar-refractivity contribution in [2.75, 3.05) is 86.2 Å². The van der Waals surface area contributed by atoms with Gasteiger partial charge in [0.2, 0.25) is 23.7 Å². The molecule has 0 bridgehead atoms. The Morgan fingerprint density at radius 1 is 0.918 bits per heavy atom. The van der Waals surface area contributed by atoms with E-state index in [2.05, 4.69) is 81.8 Å². The van der Waals surface area contributed by atoms with E-state index in [4.69, 9.17) is 9.72 Å². The monoisotopic (exact) mass is 1080 g/mol. The van der Waals surface area contributed by atoms with E-state index in [0.29, 0.717) is 75.8 Å². The van der Waals surface area contributed by atoms with Crippen molar-refractivity contribution in [1.29, 1.82) is 0 Å². The number of nitrogens with zero attached hydrogens (tertiary/aromatic N) is 8. The van der Waals surface area contributed by atoms with Crippen LogP contribution < -0.4 is 41.4 Å². The number of aliphatic hydroxyl groups is 1. The Labute approximate surface area is 434 Å². The first kappa shape index (κ1) is 52.2. The summed E-state index contributed by atoms with van der Waals surface area (Å²) in [5.74, 6) is 0.591. The predicted octanol–water partition coefficient (Wildman–Crippen LogP) is 6.28. The molecule has 3 aromatic carbocycles. The topological polar surface area (TPSA) is 207 Å². The van der Waals surface area contributed by atoms with E-state index in [1.165, 1.54) is 4.68 Å². The summed E-state index contributed by atoms with van der Waals surface area (Å²) in [7, 11) is -2.93. The number of rotatable bonds is 16. The van der Waals surface area contributed by atoms with Gasteiger partial charge in [0.1, 0.15) is 24.8 Å². The van der Waals surface area contributed by atoms with Gasteiger partial charge < -0.3 is 29.9 Å². The molecule has 3 fully saturated rings. The minimum absolute atomic E-state index is 0.0261. The first-order valence-electron chi connectivity index (χ1n) is 25.5. The van der Waals surface area contributed by atoms with Gasteiger partial charge in [-0.2, -0.15) is 10.1 Å². The third-order valence-electron chi connectivity index (χ3n) is 15.1. The number of fused-ring (bicyclic) bond motifs is 2. The van der Waals surface area contributed by atoms with E-state index >= 15 is 0 Å². The van der Waals surface area contributed by atoms with Gasteiger partial charge in [0, 0.05) is 98.6 Å². The molecule has 20 heteroatoms. The van der Waals surface area contributed by atoms with Gasteiger partial charge in [0.15, 0.2) is 0 Å². The number of halogens is 1. The molecule has 18 nitrogen and oxygen atoms in total. The number of imide groups is 1. The van der Waals surface area contributed by atoms with Crippen molar-refractivity contribution in [2.24, 2.45) is 0 Å². The van der Waals surface area contributed by atoms with Gasteiger partial charge in [-0.15, -0.1) is 0 Å². The molecular weight excluding hydrogens is 1010 g/mol. The Balaban J connectivity index is 0.852. The highest BCUT2D eigenvalue weighted by Crippen LogP contribution is 2.46. The lowest BCUT2D eigenvalue weighted by Crippen LogP contribution is -2.59. The van der Waals surface area contributed by atoms with Crippen LogP contribution in [0.5, 0.6) is 5.75 Å². The fraction of sp³-hybridized carbons (Fsp3) is 0.491.